The Hall–Kier alpha value is -0.530. The van der Waals surface area contributed by atoms with Crippen LogP contribution in [-0.4, -0.2) is 19.9 Å². The number of alkyl halides is 3. The van der Waals surface area contributed by atoms with Crippen molar-refractivity contribution in [3.8, 4) is 0 Å². The third kappa shape index (κ3) is 5.16. The maximum absolute atomic E-state index is 12.8. The first kappa shape index (κ1) is 16.5. The van der Waals surface area contributed by atoms with Gasteiger partial charge in [0.2, 0.25) is 0 Å². The van der Waals surface area contributed by atoms with E-state index in [-0.39, 0.29) is 17.9 Å². The molecule has 0 spiro atoms. The zero-order valence-corrected chi connectivity index (χ0v) is 13.0. The maximum atomic E-state index is 12.8. The molecule has 0 aliphatic carbocycles. The van der Waals surface area contributed by atoms with Crippen LogP contribution in [0.1, 0.15) is 18.9 Å². The summed E-state index contributed by atoms with van der Waals surface area (Å²) >= 11 is 2.24. The van der Waals surface area contributed by atoms with Gasteiger partial charge in [-0.1, -0.05) is 24.6 Å². The van der Waals surface area contributed by atoms with Crippen LogP contribution in [0, 0.1) is 12.8 Å². The molecule has 0 heterocycles. The molecule has 0 fully saturated rings. The number of halogens is 3. The van der Waals surface area contributed by atoms with E-state index in [9.17, 15) is 17.2 Å². The van der Waals surface area contributed by atoms with Crippen LogP contribution in [0.15, 0.2) is 29.2 Å². The van der Waals surface area contributed by atoms with Crippen molar-refractivity contribution in [1.29, 1.82) is 0 Å². The van der Waals surface area contributed by atoms with Crippen LogP contribution in [-0.2, 0) is 14.3 Å². The van der Waals surface area contributed by atoms with E-state index in [1.54, 1.807) is 12.1 Å². The molecule has 3 nitrogen and oxygen atoms in total. The Morgan fingerprint density at radius 1 is 1.32 bits per heavy atom. The molecule has 7 heteroatoms. The highest BCUT2D eigenvalue weighted by Gasteiger charge is 2.32. The van der Waals surface area contributed by atoms with E-state index in [1.807, 2.05) is 6.92 Å². The zero-order chi connectivity index (χ0) is 14.7. The van der Waals surface area contributed by atoms with Gasteiger partial charge in [-0.2, -0.15) is 17.2 Å². The second-order valence-electron chi connectivity index (χ2n) is 4.32. The average Bonchev–Trinajstić information content (AvgIpc) is 2.28. The average molecular weight is 357 g/mol. The highest BCUT2D eigenvalue weighted by atomic mass is 79.9. The van der Waals surface area contributed by atoms with Gasteiger partial charge in [-0.15, -0.1) is 0 Å². The van der Waals surface area contributed by atoms with Crippen molar-refractivity contribution in [1.82, 2.24) is 0 Å². The molecular weight excluding hydrogens is 342 g/mol. The van der Waals surface area contributed by atoms with Crippen molar-refractivity contribution in [2.75, 3.05) is 6.61 Å². The van der Waals surface area contributed by atoms with Crippen molar-refractivity contribution in [2.24, 2.45) is 5.92 Å². The molecule has 108 valence electrons. The molecule has 1 rings (SSSR count). The van der Waals surface area contributed by atoms with Gasteiger partial charge in [0, 0.05) is 5.92 Å². The normalized spacial score (nSPS) is 14.4. The Labute approximate surface area is 120 Å². The van der Waals surface area contributed by atoms with Gasteiger partial charge in [-0.05, 0) is 41.4 Å². The number of hydrogen-bond acceptors (Lipinski definition) is 3. The van der Waals surface area contributed by atoms with Crippen molar-refractivity contribution < 1.29 is 21.4 Å². The Balaban J connectivity index is 2.60. The Bertz CT molecular complexity index is 509. The molecular formula is C12H15BrF2O3S. The topological polar surface area (TPSA) is 43.4 Å². The second-order valence-corrected chi connectivity index (χ2v) is 6.99. The van der Waals surface area contributed by atoms with Gasteiger partial charge in [0.05, 0.1) is 11.5 Å². The Kier molecular flexibility index (Phi) is 5.46. The Morgan fingerprint density at radius 3 is 2.32 bits per heavy atom. The maximum Gasteiger partial charge on any atom is 0.304 e. The van der Waals surface area contributed by atoms with Crippen LogP contribution in [0.3, 0.4) is 0 Å². The summed E-state index contributed by atoms with van der Waals surface area (Å²) in [6.07, 6.45) is -0.0661. The van der Waals surface area contributed by atoms with Crippen molar-refractivity contribution in [3.05, 3.63) is 29.8 Å². The predicted molar refractivity (Wildman–Crippen MR) is 72.0 cm³/mol. The molecule has 0 aliphatic heterocycles. The fourth-order valence-electron chi connectivity index (χ4n) is 1.27. The van der Waals surface area contributed by atoms with Gasteiger partial charge < -0.3 is 0 Å². The summed E-state index contributed by atoms with van der Waals surface area (Å²) in [6.45, 7) is 2.87. The molecule has 0 aliphatic rings. The molecule has 0 amide bonds. The zero-order valence-electron chi connectivity index (χ0n) is 10.6. The number of hydrogen-bond donors (Lipinski definition) is 0. The van der Waals surface area contributed by atoms with Crippen LogP contribution in [0.25, 0.3) is 0 Å². The summed E-state index contributed by atoms with van der Waals surface area (Å²) in [5.41, 5.74) is 0.923. The minimum Gasteiger partial charge on any atom is -0.266 e. The standard InChI is InChI=1S/C12H15BrF2O3S/c1-9-3-5-11(6-4-9)19(16,17)18-8-7-10(2)12(13,14)15/h3-6,10H,7-8H2,1-2H3. The first-order chi connectivity index (χ1) is 8.63. The fourth-order valence-corrected chi connectivity index (χ4v) is 2.42. The summed E-state index contributed by atoms with van der Waals surface area (Å²) < 4.78 is 53.9. The molecule has 0 bridgehead atoms. The van der Waals surface area contributed by atoms with Crippen molar-refractivity contribution in [2.45, 2.75) is 30.0 Å². The van der Waals surface area contributed by atoms with E-state index in [0.717, 1.165) is 5.56 Å². The van der Waals surface area contributed by atoms with Crippen LogP contribution >= 0.6 is 15.9 Å². The van der Waals surface area contributed by atoms with Gasteiger partial charge in [0.25, 0.3) is 10.1 Å². The SMILES string of the molecule is Cc1ccc(S(=O)(=O)OCCC(C)C(F)(F)Br)cc1. The third-order valence-corrected chi connectivity index (χ3v) is 4.77. The summed E-state index contributed by atoms with van der Waals surface area (Å²) in [5, 5.41) is 0. The minimum atomic E-state index is -3.88. The molecule has 0 saturated heterocycles. The largest absolute Gasteiger partial charge is 0.304 e. The highest BCUT2D eigenvalue weighted by Crippen LogP contribution is 2.33. The van der Waals surface area contributed by atoms with Gasteiger partial charge >= 0.3 is 4.83 Å². The molecule has 0 radical (unpaired) electrons. The molecule has 19 heavy (non-hydrogen) atoms. The van der Waals surface area contributed by atoms with Gasteiger partial charge in [0.15, 0.2) is 0 Å². The van der Waals surface area contributed by atoms with E-state index >= 15 is 0 Å². The summed E-state index contributed by atoms with van der Waals surface area (Å²) in [5.74, 6) is -1.01. The fraction of sp³-hybridized carbons (Fsp3) is 0.500. The molecule has 0 saturated carbocycles. The van der Waals surface area contributed by atoms with E-state index in [1.165, 1.54) is 19.1 Å². The van der Waals surface area contributed by atoms with Crippen molar-refractivity contribution >= 4 is 26.0 Å². The van der Waals surface area contributed by atoms with Crippen LogP contribution in [0.2, 0.25) is 0 Å². The molecule has 1 aromatic rings. The number of benzene rings is 1. The third-order valence-electron chi connectivity index (χ3n) is 2.66. The number of aryl methyl sites for hydroxylation is 1. The van der Waals surface area contributed by atoms with Crippen LogP contribution in [0.5, 0.6) is 0 Å². The smallest absolute Gasteiger partial charge is 0.266 e. The van der Waals surface area contributed by atoms with Gasteiger partial charge in [-0.25, -0.2) is 0 Å². The summed E-state index contributed by atoms with van der Waals surface area (Å²) in [6, 6.07) is 6.14. The summed E-state index contributed by atoms with van der Waals surface area (Å²) in [7, 11) is -3.88. The molecule has 1 unspecified atom stereocenters. The molecule has 0 N–H and O–H groups in total. The molecule has 1 atom stereocenters. The molecule has 0 aromatic heterocycles. The minimum absolute atomic E-state index is 0.0244. The second kappa shape index (κ2) is 6.28. The van der Waals surface area contributed by atoms with Crippen LogP contribution in [0.4, 0.5) is 8.78 Å². The lowest BCUT2D eigenvalue weighted by Gasteiger charge is -2.16. The quantitative estimate of drug-likeness (QED) is 0.576. The van der Waals surface area contributed by atoms with E-state index in [4.69, 9.17) is 4.18 Å². The van der Waals surface area contributed by atoms with Crippen molar-refractivity contribution in [3.63, 3.8) is 0 Å². The summed E-state index contributed by atoms with van der Waals surface area (Å²) in [4.78, 5) is -3.00. The van der Waals surface area contributed by atoms with Crippen LogP contribution < -0.4 is 0 Å². The van der Waals surface area contributed by atoms with Gasteiger partial charge in [0.1, 0.15) is 0 Å². The lowest BCUT2D eigenvalue weighted by Crippen LogP contribution is -2.20. The first-order valence-electron chi connectivity index (χ1n) is 5.66. The molecule has 1 aromatic carbocycles. The monoisotopic (exact) mass is 356 g/mol. The van der Waals surface area contributed by atoms with E-state index in [2.05, 4.69) is 15.9 Å². The lowest BCUT2D eigenvalue weighted by atomic mass is 10.1. The number of rotatable bonds is 6. The first-order valence-corrected chi connectivity index (χ1v) is 7.86. The highest BCUT2D eigenvalue weighted by molar-refractivity contribution is 9.10. The van der Waals surface area contributed by atoms with Gasteiger partial charge in [-0.3, -0.25) is 4.18 Å². The van der Waals surface area contributed by atoms with E-state index in [0.29, 0.717) is 0 Å². The lowest BCUT2D eigenvalue weighted by molar-refractivity contribution is 0.0439. The predicted octanol–water partition coefficient (Wildman–Crippen LogP) is 3.71. The van der Waals surface area contributed by atoms with E-state index < -0.39 is 20.9 Å². The Morgan fingerprint density at radius 2 is 1.84 bits per heavy atom.